The number of allylic oxidation sites excluding steroid dienone is 22. The Bertz CT molecular complexity index is 1740. The topological polar surface area (TPSA) is 111 Å². The second-order valence-corrected chi connectivity index (χ2v) is 22.0. The molecular weight excluding hydrogens is 966 g/mol. The first-order valence-electron chi connectivity index (χ1n) is 29.9. The van der Waals surface area contributed by atoms with Crippen molar-refractivity contribution in [2.45, 2.75) is 225 Å². The van der Waals surface area contributed by atoms with Gasteiger partial charge in [-0.1, -0.05) is 231 Å². The van der Waals surface area contributed by atoms with Crippen LogP contribution in [0.25, 0.3) is 0 Å². The Morgan fingerprint density at radius 3 is 1.08 bits per heavy atom. The molecule has 9 nitrogen and oxygen atoms in total. The molecule has 76 heavy (non-hydrogen) atoms. The molecule has 0 amide bonds. The maximum atomic E-state index is 12.8. The van der Waals surface area contributed by atoms with Crippen molar-refractivity contribution in [1.29, 1.82) is 0 Å². The van der Waals surface area contributed by atoms with Crippen molar-refractivity contribution in [1.82, 2.24) is 0 Å². The smallest absolute Gasteiger partial charge is 0.306 e. The highest BCUT2D eigenvalue weighted by Crippen LogP contribution is 2.38. The van der Waals surface area contributed by atoms with Gasteiger partial charge in [0.1, 0.15) is 19.8 Å². The lowest BCUT2D eigenvalue weighted by Gasteiger charge is -2.28. The number of esters is 2. The van der Waals surface area contributed by atoms with E-state index < -0.39 is 32.5 Å². The lowest BCUT2D eigenvalue weighted by Crippen LogP contribution is -2.37. The van der Waals surface area contributed by atoms with Gasteiger partial charge in [-0.15, -0.1) is 0 Å². The molecule has 0 spiro atoms. The normalized spacial score (nSPS) is 14.2. The number of carbonyl (C=O) groups is 2. The third kappa shape index (κ3) is 59.4. The standard InChI is InChI=1S/C66H110NO8P/c1-6-8-10-12-14-16-18-20-22-23-24-25-26-27-28-29-30-31-32-33-34-35-36-37-38-39-40-41-42-43-45-47-49-51-53-55-57-59-66(69)75-64(63-74-76(70,71)73-61-60-67(3,4)5)62-72-65(68)58-56-54-52-50-48-46-44-21-19-17-15-13-11-9-7-2/h8-11,14-17,20-22,24-25,27-28,30-31,33-34,44,48,50,64H,6-7,12-13,18-19,23,26,29,32,35-43,45-47,49,51-63H2,1-5H3/b10-8-,11-9-,16-14-,17-15-,22-20-,25-24-,28-27-,31-30-,34-33-,44-21-,50-48-. The van der Waals surface area contributed by atoms with Crippen molar-refractivity contribution in [3.05, 3.63) is 134 Å². The van der Waals surface area contributed by atoms with Gasteiger partial charge < -0.3 is 27.9 Å². The van der Waals surface area contributed by atoms with E-state index in [0.717, 1.165) is 103 Å². The van der Waals surface area contributed by atoms with Crippen molar-refractivity contribution in [2.75, 3.05) is 47.5 Å². The molecule has 2 atom stereocenters. The van der Waals surface area contributed by atoms with Gasteiger partial charge in [-0.3, -0.25) is 14.2 Å². The lowest BCUT2D eigenvalue weighted by molar-refractivity contribution is -0.870. The number of hydrogen-bond acceptors (Lipinski definition) is 8. The van der Waals surface area contributed by atoms with Crippen LogP contribution in [0.3, 0.4) is 0 Å². The van der Waals surface area contributed by atoms with E-state index in [1.807, 2.05) is 21.1 Å². The first-order chi connectivity index (χ1) is 37.0. The van der Waals surface area contributed by atoms with Crippen LogP contribution in [0.4, 0.5) is 0 Å². The average molecular weight is 1080 g/mol. The van der Waals surface area contributed by atoms with Crippen LogP contribution in [-0.4, -0.2) is 70.0 Å². The maximum Gasteiger partial charge on any atom is 0.306 e. The van der Waals surface area contributed by atoms with E-state index in [2.05, 4.69) is 148 Å². The van der Waals surface area contributed by atoms with Gasteiger partial charge in [-0.05, 0) is 109 Å². The van der Waals surface area contributed by atoms with Crippen molar-refractivity contribution in [3.8, 4) is 0 Å². The number of quaternary nitrogens is 1. The summed E-state index contributed by atoms with van der Waals surface area (Å²) in [5.41, 5.74) is 0. The molecule has 0 saturated heterocycles. The SMILES string of the molecule is CC/C=C\C/C=C\C/C=C\C/C=C\C/C=C\C/C=C\C/C=C\CCCCCCCCCCCCCCCCCC(=O)OC(COC(=O)CCCC/C=C\C/C=C\C/C=C\C/C=C\CC)COP(=O)([O-])OCC[N+](C)(C)C. The van der Waals surface area contributed by atoms with Crippen LogP contribution in [0.2, 0.25) is 0 Å². The van der Waals surface area contributed by atoms with Gasteiger partial charge in [0.2, 0.25) is 0 Å². The maximum absolute atomic E-state index is 12.8. The van der Waals surface area contributed by atoms with E-state index in [1.165, 1.54) is 77.0 Å². The minimum Gasteiger partial charge on any atom is -0.756 e. The summed E-state index contributed by atoms with van der Waals surface area (Å²) in [5.74, 6) is -0.889. The second-order valence-electron chi connectivity index (χ2n) is 20.6. The fraction of sp³-hybridized carbons (Fsp3) is 0.636. The number of nitrogens with zero attached hydrogens (tertiary/aromatic N) is 1. The first-order valence-corrected chi connectivity index (χ1v) is 31.4. The molecule has 0 aliphatic heterocycles. The van der Waals surface area contributed by atoms with Gasteiger partial charge in [-0.25, -0.2) is 0 Å². The minimum absolute atomic E-state index is 0.0434. The summed E-state index contributed by atoms with van der Waals surface area (Å²) in [6, 6.07) is 0. The van der Waals surface area contributed by atoms with Crippen molar-refractivity contribution in [3.63, 3.8) is 0 Å². The molecule has 10 heteroatoms. The molecule has 432 valence electrons. The van der Waals surface area contributed by atoms with E-state index in [1.54, 1.807) is 0 Å². The number of hydrogen-bond donors (Lipinski definition) is 0. The van der Waals surface area contributed by atoms with E-state index in [9.17, 15) is 19.0 Å². The molecule has 0 aliphatic rings. The molecule has 0 radical (unpaired) electrons. The molecule has 0 heterocycles. The fourth-order valence-corrected chi connectivity index (χ4v) is 8.36. The third-order valence-corrected chi connectivity index (χ3v) is 13.1. The van der Waals surface area contributed by atoms with E-state index >= 15 is 0 Å². The van der Waals surface area contributed by atoms with Crippen LogP contribution in [-0.2, 0) is 32.7 Å². The summed E-state index contributed by atoms with van der Waals surface area (Å²) >= 11 is 0. The summed E-state index contributed by atoms with van der Waals surface area (Å²) in [6.07, 6.45) is 80.9. The zero-order chi connectivity index (χ0) is 55.6. The molecule has 0 fully saturated rings. The average Bonchev–Trinajstić information content (AvgIpc) is 3.38. The van der Waals surface area contributed by atoms with Gasteiger partial charge in [0, 0.05) is 12.8 Å². The molecule has 0 aromatic heterocycles. The summed E-state index contributed by atoms with van der Waals surface area (Å²) in [6.45, 7) is 3.94. The third-order valence-electron chi connectivity index (χ3n) is 12.2. The highest BCUT2D eigenvalue weighted by Gasteiger charge is 2.21. The molecular formula is C66H110NO8P. The van der Waals surface area contributed by atoms with Gasteiger partial charge in [0.15, 0.2) is 6.10 Å². The van der Waals surface area contributed by atoms with Gasteiger partial charge in [0.25, 0.3) is 7.82 Å². The molecule has 2 unspecified atom stereocenters. The first kappa shape index (κ1) is 72.2. The number of rotatable bonds is 53. The van der Waals surface area contributed by atoms with Crippen molar-refractivity contribution in [2.24, 2.45) is 0 Å². The molecule has 0 saturated carbocycles. The van der Waals surface area contributed by atoms with E-state index in [0.29, 0.717) is 23.9 Å². The molecule has 0 aliphatic carbocycles. The number of likely N-dealkylation sites (N-methyl/N-ethyl adjacent to an activating group) is 1. The number of phosphoric ester groups is 1. The quantitative estimate of drug-likeness (QED) is 0.0195. The highest BCUT2D eigenvalue weighted by molar-refractivity contribution is 7.45. The summed E-state index contributed by atoms with van der Waals surface area (Å²) in [7, 11) is 1.13. The fourth-order valence-electron chi connectivity index (χ4n) is 7.63. The molecule has 0 rings (SSSR count). The number of unbranched alkanes of at least 4 members (excludes halogenated alkanes) is 17. The Labute approximate surface area is 466 Å². The Hall–Kier alpha value is -3.85. The zero-order valence-corrected chi connectivity index (χ0v) is 49.8. The lowest BCUT2D eigenvalue weighted by atomic mass is 10.0. The molecule has 0 aromatic carbocycles. The largest absolute Gasteiger partial charge is 0.756 e. The van der Waals surface area contributed by atoms with Crippen LogP contribution in [0.1, 0.15) is 219 Å². The number of phosphoric acid groups is 1. The number of carbonyl (C=O) groups excluding carboxylic acids is 2. The summed E-state index contributed by atoms with van der Waals surface area (Å²) in [5, 5.41) is 0. The summed E-state index contributed by atoms with van der Waals surface area (Å²) in [4.78, 5) is 37.8. The second kappa shape index (κ2) is 55.9. The van der Waals surface area contributed by atoms with Crippen LogP contribution in [0.15, 0.2) is 134 Å². The summed E-state index contributed by atoms with van der Waals surface area (Å²) < 4.78 is 34.1. The van der Waals surface area contributed by atoms with Crippen molar-refractivity contribution < 1.29 is 42.1 Å². The Morgan fingerprint density at radius 1 is 0.408 bits per heavy atom. The zero-order valence-electron chi connectivity index (χ0n) is 48.9. The minimum atomic E-state index is -4.65. The van der Waals surface area contributed by atoms with Crippen LogP contribution in [0.5, 0.6) is 0 Å². The van der Waals surface area contributed by atoms with E-state index in [-0.39, 0.29) is 26.1 Å². The Balaban J connectivity index is 4.08. The predicted molar refractivity (Wildman–Crippen MR) is 323 cm³/mol. The highest BCUT2D eigenvalue weighted by atomic mass is 31.2. The molecule has 0 N–H and O–H groups in total. The van der Waals surface area contributed by atoms with Gasteiger partial charge in [-0.2, -0.15) is 0 Å². The monoisotopic (exact) mass is 1080 g/mol. The van der Waals surface area contributed by atoms with Crippen molar-refractivity contribution >= 4 is 19.8 Å². The van der Waals surface area contributed by atoms with Crippen LogP contribution < -0.4 is 4.89 Å². The van der Waals surface area contributed by atoms with Crippen LogP contribution >= 0.6 is 7.82 Å². The van der Waals surface area contributed by atoms with Gasteiger partial charge >= 0.3 is 11.9 Å². The van der Waals surface area contributed by atoms with E-state index in [4.69, 9.17) is 18.5 Å². The Morgan fingerprint density at radius 2 is 0.711 bits per heavy atom. The number of ether oxygens (including phenoxy) is 2. The molecule has 0 bridgehead atoms. The Kier molecular flexibility index (Phi) is 53.1. The van der Waals surface area contributed by atoms with Crippen LogP contribution in [0, 0.1) is 0 Å². The molecule has 0 aromatic rings. The van der Waals surface area contributed by atoms with Gasteiger partial charge in [0.05, 0.1) is 27.7 Å². The predicted octanol–water partition coefficient (Wildman–Crippen LogP) is 18.3.